The van der Waals surface area contributed by atoms with E-state index in [2.05, 4.69) is 11.5 Å². The predicted molar refractivity (Wildman–Crippen MR) is 92.7 cm³/mol. The molecule has 0 spiro atoms. The van der Waals surface area contributed by atoms with Crippen LogP contribution in [0.4, 0.5) is 5.69 Å². The number of amides is 2. The lowest BCUT2D eigenvalue weighted by Gasteiger charge is -2.23. The van der Waals surface area contributed by atoms with Crippen LogP contribution in [0.2, 0.25) is 5.02 Å². The molecule has 3 aliphatic rings. The standard InChI is InChI=1S/C18H19ClN4O2/c19-11-2-1-3-12(8-11)22-7-6-14(18(22)25)17(24)21-15-9-13-4-5-16(15)23(13)10-20/h1-3,8,13-16H,4-7,9H2,(H,21,24)/t13?,14-,15?,16?/m0/s1. The lowest BCUT2D eigenvalue weighted by molar-refractivity contribution is -0.132. The van der Waals surface area contributed by atoms with Gasteiger partial charge in [0.05, 0.1) is 12.1 Å². The molecule has 3 aliphatic heterocycles. The van der Waals surface area contributed by atoms with Gasteiger partial charge in [-0.2, -0.15) is 5.26 Å². The Balaban J connectivity index is 1.42. The van der Waals surface area contributed by atoms with E-state index in [9.17, 15) is 14.9 Å². The summed E-state index contributed by atoms with van der Waals surface area (Å²) >= 11 is 6.00. The molecule has 2 bridgehead atoms. The van der Waals surface area contributed by atoms with Gasteiger partial charge < -0.3 is 15.1 Å². The van der Waals surface area contributed by atoms with Crippen LogP contribution in [-0.4, -0.2) is 41.4 Å². The number of nitrogens with zero attached hydrogens (tertiary/aromatic N) is 3. The molecule has 3 heterocycles. The first-order valence-electron chi connectivity index (χ1n) is 8.64. The van der Waals surface area contributed by atoms with E-state index in [1.807, 2.05) is 6.07 Å². The van der Waals surface area contributed by atoms with E-state index in [1.54, 1.807) is 28.0 Å². The number of anilines is 1. The lowest BCUT2D eigenvalue weighted by Crippen LogP contribution is -2.47. The molecule has 1 aromatic rings. The third-order valence-electron chi connectivity index (χ3n) is 5.62. The van der Waals surface area contributed by atoms with E-state index < -0.39 is 5.92 Å². The Labute approximate surface area is 151 Å². The van der Waals surface area contributed by atoms with Crippen molar-refractivity contribution >= 4 is 29.1 Å². The summed E-state index contributed by atoms with van der Waals surface area (Å²) in [7, 11) is 0. The Morgan fingerprint density at radius 3 is 2.88 bits per heavy atom. The maximum atomic E-state index is 12.7. The highest BCUT2D eigenvalue weighted by atomic mass is 35.5. The number of carbonyl (C=O) groups excluding carboxylic acids is 2. The Hall–Kier alpha value is -2.26. The summed E-state index contributed by atoms with van der Waals surface area (Å²) in [4.78, 5) is 28.7. The molecule has 0 aliphatic carbocycles. The van der Waals surface area contributed by atoms with Crippen LogP contribution < -0.4 is 10.2 Å². The van der Waals surface area contributed by atoms with Crippen LogP contribution in [0.5, 0.6) is 0 Å². The highest BCUT2D eigenvalue weighted by Gasteiger charge is 2.48. The fourth-order valence-electron chi connectivity index (χ4n) is 4.41. The second kappa shape index (κ2) is 6.23. The third kappa shape index (κ3) is 2.73. The average molecular weight is 359 g/mol. The molecule has 130 valence electrons. The smallest absolute Gasteiger partial charge is 0.239 e. The normalized spacial score (nSPS) is 30.6. The van der Waals surface area contributed by atoms with Gasteiger partial charge in [-0.25, -0.2) is 0 Å². The minimum absolute atomic E-state index is 0.0288. The van der Waals surface area contributed by atoms with E-state index in [-0.39, 0.29) is 29.9 Å². The van der Waals surface area contributed by atoms with Gasteiger partial charge in [-0.1, -0.05) is 17.7 Å². The zero-order chi connectivity index (χ0) is 17.6. The molecule has 25 heavy (non-hydrogen) atoms. The van der Waals surface area contributed by atoms with Crippen molar-refractivity contribution in [1.29, 1.82) is 5.26 Å². The average Bonchev–Trinajstić information content (AvgIpc) is 3.26. The van der Waals surface area contributed by atoms with E-state index in [0.29, 0.717) is 18.0 Å². The van der Waals surface area contributed by atoms with E-state index in [0.717, 1.165) is 24.9 Å². The minimum Gasteiger partial charge on any atom is -0.350 e. The van der Waals surface area contributed by atoms with Crippen molar-refractivity contribution in [2.75, 3.05) is 11.4 Å². The van der Waals surface area contributed by atoms with Gasteiger partial charge in [0.15, 0.2) is 6.19 Å². The van der Waals surface area contributed by atoms with Gasteiger partial charge in [0.25, 0.3) is 0 Å². The number of carbonyl (C=O) groups is 2. The second-order valence-electron chi connectivity index (χ2n) is 6.97. The van der Waals surface area contributed by atoms with Gasteiger partial charge in [-0.05, 0) is 43.9 Å². The highest BCUT2D eigenvalue weighted by Crippen LogP contribution is 2.37. The van der Waals surface area contributed by atoms with Crippen LogP contribution in [-0.2, 0) is 9.59 Å². The molecule has 4 rings (SSSR count). The number of nitrogens with one attached hydrogen (secondary N) is 1. The molecule has 1 N–H and O–H groups in total. The van der Waals surface area contributed by atoms with Crippen molar-refractivity contribution in [2.24, 2.45) is 5.92 Å². The number of rotatable bonds is 3. The summed E-state index contributed by atoms with van der Waals surface area (Å²) in [5.74, 6) is -1.06. The molecule has 7 heteroatoms. The molecule has 0 aromatic heterocycles. The SMILES string of the molecule is N#CN1C2CCC1C(NC(=O)[C@@H]1CCN(c3cccc(Cl)c3)C1=O)C2. The number of halogens is 1. The second-order valence-corrected chi connectivity index (χ2v) is 7.40. The molecule has 6 nitrogen and oxygen atoms in total. The van der Waals surface area contributed by atoms with Crippen molar-refractivity contribution in [3.8, 4) is 6.19 Å². The van der Waals surface area contributed by atoms with Crippen LogP contribution in [0, 0.1) is 17.4 Å². The minimum atomic E-state index is -0.659. The number of nitriles is 1. The Morgan fingerprint density at radius 1 is 1.32 bits per heavy atom. The first-order valence-corrected chi connectivity index (χ1v) is 9.01. The van der Waals surface area contributed by atoms with Crippen LogP contribution in [0.15, 0.2) is 24.3 Å². The first kappa shape index (κ1) is 16.2. The van der Waals surface area contributed by atoms with Gasteiger partial charge in [-0.15, -0.1) is 0 Å². The Bertz CT molecular complexity index is 762. The molecular weight excluding hydrogens is 340 g/mol. The summed E-state index contributed by atoms with van der Waals surface area (Å²) in [6.07, 6.45) is 5.47. The van der Waals surface area contributed by atoms with Crippen LogP contribution in [0.1, 0.15) is 25.7 Å². The molecule has 3 fully saturated rings. The van der Waals surface area contributed by atoms with Crippen LogP contribution >= 0.6 is 11.6 Å². The zero-order valence-electron chi connectivity index (χ0n) is 13.7. The third-order valence-corrected chi connectivity index (χ3v) is 5.86. The predicted octanol–water partition coefficient (Wildman–Crippen LogP) is 1.90. The monoisotopic (exact) mass is 358 g/mol. The first-order chi connectivity index (χ1) is 12.1. The maximum Gasteiger partial charge on any atom is 0.239 e. The van der Waals surface area contributed by atoms with Crippen LogP contribution in [0.25, 0.3) is 0 Å². The van der Waals surface area contributed by atoms with Crippen molar-refractivity contribution < 1.29 is 9.59 Å². The molecule has 0 radical (unpaired) electrons. The quantitative estimate of drug-likeness (QED) is 0.661. The fraction of sp³-hybridized carbons (Fsp3) is 0.500. The molecular formula is C18H19ClN4O2. The van der Waals surface area contributed by atoms with Gasteiger partial charge >= 0.3 is 0 Å². The zero-order valence-corrected chi connectivity index (χ0v) is 14.4. The Morgan fingerprint density at radius 2 is 2.16 bits per heavy atom. The van der Waals surface area contributed by atoms with Gasteiger partial charge in [0, 0.05) is 23.3 Å². The number of hydrogen-bond donors (Lipinski definition) is 1. The molecule has 0 saturated carbocycles. The van der Waals surface area contributed by atoms with Crippen molar-refractivity contribution in [3.63, 3.8) is 0 Å². The van der Waals surface area contributed by atoms with Gasteiger partial charge in [0.1, 0.15) is 5.92 Å². The van der Waals surface area contributed by atoms with Crippen molar-refractivity contribution in [3.05, 3.63) is 29.3 Å². The Kier molecular flexibility index (Phi) is 4.04. The molecule has 2 amide bonds. The summed E-state index contributed by atoms with van der Waals surface area (Å²) in [6.45, 7) is 0.512. The molecule has 3 saturated heterocycles. The van der Waals surface area contributed by atoms with Crippen LogP contribution in [0.3, 0.4) is 0 Å². The summed E-state index contributed by atoms with van der Waals surface area (Å²) in [6, 6.07) is 7.40. The van der Waals surface area contributed by atoms with E-state index in [1.165, 1.54) is 0 Å². The van der Waals surface area contributed by atoms with E-state index in [4.69, 9.17) is 11.6 Å². The number of hydrogen-bond acceptors (Lipinski definition) is 4. The van der Waals surface area contributed by atoms with Gasteiger partial charge in [-0.3, -0.25) is 9.59 Å². The highest BCUT2D eigenvalue weighted by molar-refractivity contribution is 6.31. The molecule has 4 atom stereocenters. The summed E-state index contributed by atoms with van der Waals surface area (Å²) < 4.78 is 0. The van der Waals surface area contributed by atoms with Crippen molar-refractivity contribution in [2.45, 2.75) is 43.8 Å². The molecule has 1 aromatic carbocycles. The summed E-state index contributed by atoms with van der Waals surface area (Å²) in [5, 5.41) is 12.8. The molecule has 3 unspecified atom stereocenters. The largest absolute Gasteiger partial charge is 0.350 e. The van der Waals surface area contributed by atoms with Crippen molar-refractivity contribution in [1.82, 2.24) is 10.2 Å². The number of fused-ring (bicyclic) bond motifs is 2. The van der Waals surface area contributed by atoms with Gasteiger partial charge in [0.2, 0.25) is 11.8 Å². The lowest BCUT2D eigenvalue weighted by atomic mass is 9.94. The van der Waals surface area contributed by atoms with E-state index >= 15 is 0 Å². The summed E-state index contributed by atoms with van der Waals surface area (Å²) in [5.41, 5.74) is 0.725. The fourth-order valence-corrected chi connectivity index (χ4v) is 4.59. The maximum absolute atomic E-state index is 12.7. The number of benzene rings is 1. The topological polar surface area (TPSA) is 76.4 Å².